The largest absolute Gasteiger partial charge is 0.436 e. The molecule has 1 saturated carbocycles. The first-order valence-electron chi connectivity index (χ1n) is 23.6. The van der Waals surface area contributed by atoms with Gasteiger partial charge in [-0.15, -0.1) is 23.5 Å². The van der Waals surface area contributed by atoms with Crippen LogP contribution in [0.1, 0.15) is 117 Å². The van der Waals surface area contributed by atoms with E-state index in [-0.39, 0.29) is 64.9 Å². The van der Waals surface area contributed by atoms with E-state index in [1.807, 2.05) is 61.2 Å². The molecule has 2 heterocycles. The lowest BCUT2D eigenvalue weighted by Crippen LogP contribution is -2.51. The number of ether oxygens (including phenoxy) is 1. The molecule has 5 amide bonds. The molecule has 65 heavy (non-hydrogen) atoms. The van der Waals surface area contributed by atoms with Crippen molar-refractivity contribution < 1.29 is 28.7 Å². The lowest BCUT2D eigenvalue weighted by Gasteiger charge is -2.27. The fourth-order valence-corrected chi connectivity index (χ4v) is 10.6. The standard InChI is InChI=1S/C50H73N7O6S2/c1-7-28-57(29-8-2)44(59)26-30-56(6)37(5)63-42(34-39-21-14-11-15-22-39)47(60)55-46(50-64-31-32-65-50)49(62)53-40(33-38-19-12-10-13-20-38)24-18-25-43(58)54-45(36(4)9-3)48(61)52-35-41-23-16-17-27-51-41/h11,14-16,21-23,33-34,38,46,50H,5,7-10,12-13,17-20,24-32,35H2,1-4,6H3,(H,52,61)(H,53,62)(H,54,58)(H,55,60)/b40-33+,42-34+,45-36+/t46-/m1/s1. The predicted octanol–water partition coefficient (Wildman–Crippen LogP) is 7.84. The number of carbonyl (C=O) groups is 5. The monoisotopic (exact) mass is 932 g/mol. The molecule has 0 unspecified atom stereocenters. The van der Waals surface area contributed by atoms with Crippen molar-refractivity contribution in [3.63, 3.8) is 0 Å². The number of hydrogen-bond acceptors (Lipinski definition) is 10. The van der Waals surface area contributed by atoms with Gasteiger partial charge in [0.05, 0.1) is 16.8 Å². The molecule has 2 aliphatic heterocycles. The molecule has 356 valence electrons. The second kappa shape index (κ2) is 29.0. The SMILES string of the molecule is C=C(O/C(=C/c1ccccc1)C(=O)N[C@H](C(=O)N/C(=C/C1CCCCC1)CCCC(=O)N/C(C(=O)NCC1=NCCC=C1)=C(\C)CC)C1SCCS1)N(C)CCC(=O)N(CCC)CCC. The average Bonchev–Trinajstić information content (AvgIpc) is 3.86. The molecule has 0 bridgehead atoms. The third kappa shape index (κ3) is 18.6. The first-order valence-corrected chi connectivity index (χ1v) is 25.7. The molecule has 2 fully saturated rings. The molecule has 4 rings (SSSR count). The molecule has 1 aromatic carbocycles. The van der Waals surface area contributed by atoms with Gasteiger partial charge in [-0.1, -0.05) is 82.5 Å². The van der Waals surface area contributed by atoms with Crippen LogP contribution in [0.2, 0.25) is 0 Å². The fourth-order valence-electron chi connectivity index (χ4n) is 7.65. The smallest absolute Gasteiger partial charge is 0.287 e. The highest BCUT2D eigenvalue weighted by Crippen LogP contribution is 2.35. The summed E-state index contributed by atoms with van der Waals surface area (Å²) in [7, 11) is 1.77. The lowest BCUT2D eigenvalue weighted by atomic mass is 9.88. The van der Waals surface area contributed by atoms with Gasteiger partial charge in [0.1, 0.15) is 11.7 Å². The summed E-state index contributed by atoms with van der Waals surface area (Å²) in [6.07, 6.45) is 17.7. The molecule has 1 saturated heterocycles. The van der Waals surface area contributed by atoms with Crippen LogP contribution in [0.4, 0.5) is 0 Å². The van der Waals surface area contributed by atoms with Gasteiger partial charge >= 0.3 is 0 Å². The van der Waals surface area contributed by atoms with Crippen molar-refractivity contribution in [1.82, 2.24) is 31.1 Å². The number of allylic oxidation sites excluding steroid dienone is 3. The molecule has 0 aromatic heterocycles. The molecule has 0 spiro atoms. The van der Waals surface area contributed by atoms with Crippen LogP contribution in [0.15, 0.2) is 88.7 Å². The molecule has 4 N–H and O–H groups in total. The van der Waals surface area contributed by atoms with Crippen molar-refractivity contribution >= 4 is 64.8 Å². The van der Waals surface area contributed by atoms with E-state index < -0.39 is 11.9 Å². The number of nitrogens with one attached hydrogen (secondary N) is 4. The Labute approximate surface area is 396 Å². The Hall–Kier alpha value is -4.76. The topological polar surface area (TPSA) is 162 Å². The summed E-state index contributed by atoms with van der Waals surface area (Å²) in [5.41, 5.74) is 3.27. The summed E-state index contributed by atoms with van der Waals surface area (Å²) < 4.78 is 5.95. The van der Waals surface area contributed by atoms with Crippen LogP contribution in [0.3, 0.4) is 0 Å². The molecule has 3 aliphatic rings. The van der Waals surface area contributed by atoms with E-state index in [9.17, 15) is 24.0 Å². The molecule has 1 aliphatic carbocycles. The number of aliphatic imine (C=N–C) groups is 1. The summed E-state index contributed by atoms with van der Waals surface area (Å²) in [6, 6.07) is 8.42. The highest BCUT2D eigenvalue weighted by Gasteiger charge is 2.35. The minimum atomic E-state index is -0.911. The van der Waals surface area contributed by atoms with Crippen LogP contribution in [-0.4, -0.2) is 107 Å². The number of rotatable bonds is 26. The predicted molar refractivity (Wildman–Crippen MR) is 267 cm³/mol. The number of carbonyl (C=O) groups excluding carboxylic acids is 5. The van der Waals surface area contributed by atoms with Gasteiger partial charge in [-0.25, -0.2) is 0 Å². The molecule has 0 radical (unpaired) electrons. The van der Waals surface area contributed by atoms with Crippen molar-refractivity contribution in [3.8, 4) is 0 Å². The minimum Gasteiger partial charge on any atom is -0.436 e. The maximum absolute atomic E-state index is 14.5. The number of hydrogen-bond donors (Lipinski definition) is 4. The van der Waals surface area contributed by atoms with Gasteiger partial charge in [0.15, 0.2) is 11.6 Å². The Bertz CT molecular complexity index is 1910. The Morgan fingerprint density at radius 2 is 1.63 bits per heavy atom. The second-order valence-corrected chi connectivity index (χ2v) is 19.6. The van der Waals surface area contributed by atoms with Crippen molar-refractivity contribution in [2.75, 3.05) is 51.3 Å². The van der Waals surface area contributed by atoms with Crippen LogP contribution in [-0.2, 0) is 28.7 Å². The van der Waals surface area contributed by atoms with Crippen LogP contribution >= 0.6 is 23.5 Å². The van der Waals surface area contributed by atoms with Gasteiger partial charge in [-0.3, -0.25) is 29.0 Å². The molecule has 13 nitrogen and oxygen atoms in total. The number of dihydropyridines is 1. The fraction of sp³-hybridized carbons (Fsp3) is 0.560. The summed E-state index contributed by atoms with van der Waals surface area (Å²) in [5, 5.41) is 12.0. The second-order valence-electron chi connectivity index (χ2n) is 16.8. The number of benzene rings is 1. The van der Waals surface area contributed by atoms with E-state index in [4.69, 9.17) is 4.74 Å². The summed E-state index contributed by atoms with van der Waals surface area (Å²) >= 11 is 3.26. The Balaban J connectivity index is 1.47. The van der Waals surface area contributed by atoms with Gasteiger partial charge in [0.2, 0.25) is 17.7 Å². The highest BCUT2D eigenvalue weighted by atomic mass is 32.2. The van der Waals surface area contributed by atoms with Crippen molar-refractivity contribution in [1.29, 1.82) is 0 Å². The zero-order valence-electron chi connectivity index (χ0n) is 39.4. The summed E-state index contributed by atoms with van der Waals surface area (Å²) in [4.78, 5) is 76.5. The van der Waals surface area contributed by atoms with Gasteiger partial charge in [0, 0.05) is 63.3 Å². The number of thioether (sulfide) groups is 2. The quantitative estimate of drug-likeness (QED) is 0.0536. The minimum absolute atomic E-state index is 0.0345. The molecule has 1 aromatic rings. The van der Waals surface area contributed by atoms with Gasteiger partial charge in [-0.2, -0.15) is 0 Å². The number of nitrogens with zero attached hydrogens (tertiary/aromatic N) is 3. The molecule has 1 atom stereocenters. The molecular weight excluding hydrogens is 859 g/mol. The van der Waals surface area contributed by atoms with Crippen molar-refractivity contribution in [3.05, 3.63) is 89.3 Å². The van der Waals surface area contributed by atoms with Crippen LogP contribution in [0.5, 0.6) is 0 Å². The van der Waals surface area contributed by atoms with E-state index in [2.05, 4.69) is 52.8 Å². The lowest BCUT2D eigenvalue weighted by molar-refractivity contribution is -0.131. The molecular formula is C50H73N7O6S2. The van der Waals surface area contributed by atoms with E-state index in [0.29, 0.717) is 51.4 Å². The van der Waals surface area contributed by atoms with Crippen LogP contribution in [0.25, 0.3) is 6.08 Å². The third-order valence-electron chi connectivity index (χ3n) is 11.5. The maximum Gasteiger partial charge on any atom is 0.287 e. The Morgan fingerprint density at radius 1 is 0.923 bits per heavy atom. The van der Waals surface area contributed by atoms with Crippen molar-refractivity contribution in [2.45, 2.75) is 122 Å². The third-order valence-corrected chi connectivity index (χ3v) is 14.6. The van der Waals surface area contributed by atoms with E-state index in [1.54, 1.807) is 41.5 Å². The van der Waals surface area contributed by atoms with Gasteiger partial charge < -0.3 is 35.8 Å². The average molecular weight is 932 g/mol. The summed E-state index contributed by atoms with van der Waals surface area (Å²) in [5.74, 6) is 0.636. The normalized spacial score (nSPS) is 16.7. The zero-order chi connectivity index (χ0) is 47.0. The first-order chi connectivity index (χ1) is 31.4. The Morgan fingerprint density at radius 3 is 2.28 bits per heavy atom. The van der Waals surface area contributed by atoms with Crippen LogP contribution < -0.4 is 21.3 Å². The molecule has 15 heteroatoms. The van der Waals surface area contributed by atoms with E-state index >= 15 is 0 Å². The van der Waals surface area contributed by atoms with Gasteiger partial charge in [-0.05, 0) is 94.1 Å². The van der Waals surface area contributed by atoms with E-state index in [0.717, 1.165) is 79.0 Å². The van der Waals surface area contributed by atoms with Crippen molar-refractivity contribution in [2.24, 2.45) is 10.9 Å². The highest BCUT2D eigenvalue weighted by molar-refractivity contribution is 8.20. The maximum atomic E-state index is 14.5. The van der Waals surface area contributed by atoms with E-state index in [1.165, 1.54) is 6.42 Å². The first kappa shape index (κ1) is 52.9. The Kier molecular flexibility index (Phi) is 23.6. The van der Waals surface area contributed by atoms with Gasteiger partial charge in [0.25, 0.3) is 11.8 Å². The zero-order valence-corrected chi connectivity index (χ0v) is 41.0. The van der Waals surface area contributed by atoms with Crippen LogP contribution in [0, 0.1) is 5.92 Å². The summed E-state index contributed by atoms with van der Waals surface area (Å²) in [6.45, 7) is 14.7. The number of amides is 5.